The third-order valence-electron chi connectivity index (χ3n) is 5.66. The molecule has 190 valence electrons. The number of nitrogens with zero attached hydrogens (tertiary/aromatic N) is 1. The molecule has 35 heavy (non-hydrogen) atoms. The van der Waals surface area contributed by atoms with Crippen LogP contribution >= 0.6 is 11.6 Å². The van der Waals surface area contributed by atoms with E-state index in [0.29, 0.717) is 31.4 Å². The Hall–Kier alpha value is -3.05. The van der Waals surface area contributed by atoms with Crippen molar-refractivity contribution in [2.24, 2.45) is 0 Å². The number of halogens is 4. The van der Waals surface area contributed by atoms with Crippen LogP contribution in [0.1, 0.15) is 37.7 Å². The van der Waals surface area contributed by atoms with E-state index >= 15 is 0 Å². The maximum Gasteiger partial charge on any atom is 0.524 e. The molecule has 2 aliphatic rings. The summed E-state index contributed by atoms with van der Waals surface area (Å²) in [6.07, 6.45) is -2.31. The topological polar surface area (TPSA) is 108 Å². The Kier molecular flexibility index (Phi) is 8.44. The summed E-state index contributed by atoms with van der Waals surface area (Å²) < 4.78 is 44.0. The number of carbonyl (C=O) groups is 3. The number of carbonyl (C=O) groups excluding carboxylic acids is 2. The number of allylic oxidation sites excluding steroid dienone is 2. The van der Waals surface area contributed by atoms with Gasteiger partial charge in [-0.25, -0.2) is 4.79 Å². The molecule has 0 saturated carbocycles. The van der Waals surface area contributed by atoms with Gasteiger partial charge in [-0.2, -0.15) is 0 Å². The van der Waals surface area contributed by atoms with E-state index in [2.05, 4.69) is 15.4 Å². The van der Waals surface area contributed by atoms with Gasteiger partial charge >= 0.3 is 12.5 Å². The number of piperidine rings is 1. The highest BCUT2D eigenvalue weighted by Crippen LogP contribution is 2.45. The van der Waals surface area contributed by atoms with Crippen LogP contribution in [0.4, 0.5) is 18.0 Å². The third-order valence-corrected chi connectivity index (χ3v) is 6.07. The lowest BCUT2D eigenvalue weighted by molar-refractivity contribution is -0.342. The lowest BCUT2D eigenvalue weighted by atomic mass is 9.92. The largest absolute Gasteiger partial charge is 0.524 e. The second-order valence-electron chi connectivity index (χ2n) is 8.16. The monoisotopic (exact) mass is 515 g/mol. The van der Waals surface area contributed by atoms with Crippen LogP contribution < -0.4 is 10.6 Å². The van der Waals surface area contributed by atoms with Crippen molar-refractivity contribution in [3.63, 3.8) is 0 Å². The van der Waals surface area contributed by atoms with Gasteiger partial charge in [0.05, 0.1) is 0 Å². The molecule has 1 saturated heterocycles. The molecule has 12 heteroatoms. The summed E-state index contributed by atoms with van der Waals surface area (Å²) in [6.45, 7) is 0.221. The number of rotatable bonds is 7. The number of amides is 3. The van der Waals surface area contributed by atoms with Gasteiger partial charge in [-0.1, -0.05) is 48.0 Å². The number of ether oxygens (including phenoxy) is 1. The SMILES string of the molecule is O=C(O)NCCC(=O)N1CCCCC1C(=O)NC1=CC=C(c2ccccc2)C(Cl)(OC(F)(F)F)C1. The van der Waals surface area contributed by atoms with Crippen molar-refractivity contribution in [1.29, 1.82) is 0 Å². The van der Waals surface area contributed by atoms with Gasteiger partial charge < -0.3 is 20.6 Å². The van der Waals surface area contributed by atoms with Crippen molar-refractivity contribution in [3.8, 4) is 0 Å². The lowest BCUT2D eigenvalue weighted by Crippen LogP contribution is -2.52. The number of carboxylic acid groups (broad SMARTS) is 1. The Morgan fingerprint density at radius 3 is 2.54 bits per heavy atom. The van der Waals surface area contributed by atoms with Crippen LogP contribution in [0.5, 0.6) is 0 Å². The fourth-order valence-electron chi connectivity index (χ4n) is 4.16. The second-order valence-corrected chi connectivity index (χ2v) is 8.77. The molecule has 0 bridgehead atoms. The van der Waals surface area contributed by atoms with Crippen LogP contribution in [0.25, 0.3) is 5.57 Å². The Balaban J connectivity index is 1.77. The Bertz CT molecular complexity index is 1020. The molecule has 1 aromatic rings. The lowest BCUT2D eigenvalue weighted by Gasteiger charge is -2.37. The predicted octanol–water partition coefficient (Wildman–Crippen LogP) is 3.98. The smallest absolute Gasteiger partial charge is 0.465 e. The van der Waals surface area contributed by atoms with Crippen LogP contribution in [0.3, 0.4) is 0 Å². The third kappa shape index (κ3) is 7.22. The Morgan fingerprint density at radius 1 is 1.17 bits per heavy atom. The van der Waals surface area contributed by atoms with Crippen LogP contribution in [0.15, 0.2) is 48.2 Å². The van der Waals surface area contributed by atoms with Gasteiger partial charge in [0.25, 0.3) is 0 Å². The van der Waals surface area contributed by atoms with Gasteiger partial charge in [0.2, 0.25) is 11.8 Å². The average molecular weight is 516 g/mol. The molecule has 1 aliphatic heterocycles. The summed E-state index contributed by atoms with van der Waals surface area (Å²) in [7, 11) is 0. The number of alkyl halides is 4. The molecule has 0 aromatic heterocycles. The summed E-state index contributed by atoms with van der Waals surface area (Å²) in [5.74, 6) is -0.951. The highest BCUT2D eigenvalue weighted by molar-refractivity contribution is 6.29. The van der Waals surface area contributed by atoms with E-state index in [-0.39, 0.29) is 24.2 Å². The zero-order chi connectivity index (χ0) is 25.6. The zero-order valence-corrected chi connectivity index (χ0v) is 19.4. The van der Waals surface area contributed by atoms with Crippen molar-refractivity contribution in [3.05, 3.63) is 53.7 Å². The van der Waals surface area contributed by atoms with Gasteiger partial charge in [0.15, 0.2) is 5.06 Å². The first kappa shape index (κ1) is 26.6. The molecule has 0 radical (unpaired) electrons. The van der Waals surface area contributed by atoms with Crippen LogP contribution in [0, 0.1) is 0 Å². The van der Waals surface area contributed by atoms with Gasteiger partial charge in [-0.15, -0.1) is 13.2 Å². The number of hydrogen-bond donors (Lipinski definition) is 3. The standard InChI is InChI=1S/C23H25ClF3N3O5/c24-22(35-23(25,26)27)14-16(9-10-17(22)15-6-2-1-3-7-15)29-20(32)18-8-4-5-13-30(18)19(31)11-12-28-21(33)34/h1-3,6-7,9-10,18,28H,4-5,8,11-14H2,(H,29,32)(H,33,34). The first-order valence-corrected chi connectivity index (χ1v) is 11.4. The molecular formula is C23H25ClF3N3O5. The predicted molar refractivity (Wildman–Crippen MR) is 121 cm³/mol. The first-order valence-electron chi connectivity index (χ1n) is 11.0. The molecule has 1 aromatic carbocycles. The molecule has 1 aliphatic carbocycles. The van der Waals surface area contributed by atoms with Crippen molar-refractivity contribution >= 4 is 35.1 Å². The summed E-state index contributed by atoms with van der Waals surface area (Å²) in [4.78, 5) is 37.6. The number of nitrogens with one attached hydrogen (secondary N) is 2. The highest BCUT2D eigenvalue weighted by atomic mass is 35.5. The van der Waals surface area contributed by atoms with Gasteiger partial charge in [-0.3, -0.25) is 14.3 Å². The zero-order valence-electron chi connectivity index (χ0n) is 18.6. The fourth-order valence-corrected chi connectivity index (χ4v) is 4.57. The summed E-state index contributed by atoms with van der Waals surface area (Å²) in [6, 6.07) is 7.39. The van der Waals surface area contributed by atoms with Crippen molar-refractivity contribution in [2.75, 3.05) is 13.1 Å². The molecule has 3 amide bonds. The maximum absolute atomic E-state index is 13.2. The van der Waals surface area contributed by atoms with Gasteiger partial charge in [-0.05, 0) is 30.9 Å². The van der Waals surface area contributed by atoms with Crippen LogP contribution in [-0.2, 0) is 14.3 Å². The molecule has 2 atom stereocenters. The first-order chi connectivity index (χ1) is 16.5. The minimum Gasteiger partial charge on any atom is -0.465 e. The molecule has 3 N–H and O–H groups in total. The molecule has 1 fully saturated rings. The van der Waals surface area contributed by atoms with E-state index in [1.165, 1.54) is 17.1 Å². The van der Waals surface area contributed by atoms with E-state index in [1.807, 2.05) is 0 Å². The summed E-state index contributed by atoms with van der Waals surface area (Å²) >= 11 is 6.36. The van der Waals surface area contributed by atoms with Gasteiger partial charge in [0, 0.05) is 37.2 Å². The molecule has 1 heterocycles. The summed E-state index contributed by atoms with van der Waals surface area (Å²) in [5.41, 5.74) is 0.641. The quantitative estimate of drug-likeness (QED) is 0.476. The Morgan fingerprint density at radius 2 is 1.89 bits per heavy atom. The van der Waals surface area contributed by atoms with E-state index in [0.717, 1.165) is 0 Å². The van der Waals surface area contributed by atoms with E-state index in [4.69, 9.17) is 16.7 Å². The second kappa shape index (κ2) is 11.1. The van der Waals surface area contributed by atoms with Crippen molar-refractivity contribution in [2.45, 2.75) is 49.6 Å². The number of hydrogen-bond acceptors (Lipinski definition) is 4. The van der Waals surface area contributed by atoms with E-state index < -0.39 is 41.8 Å². The summed E-state index contributed by atoms with van der Waals surface area (Å²) in [5, 5.41) is 11.1. The van der Waals surface area contributed by atoms with E-state index in [1.54, 1.807) is 30.3 Å². The molecule has 8 nitrogen and oxygen atoms in total. The molecule has 3 rings (SSSR count). The number of likely N-dealkylation sites (tertiary alicyclic amines) is 1. The Labute approximate surface area is 204 Å². The maximum atomic E-state index is 13.2. The normalized spacial score (nSPS) is 22.6. The molecular weight excluding hydrogens is 491 g/mol. The highest BCUT2D eigenvalue weighted by Gasteiger charge is 2.47. The van der Waals surface area contributed by atoms with Crippen LogP contribution in [-0.4, -0.2) is 58.5 Å². The number of benzene rings is 1. The van der Waals surface area contributed by atoms with Crippen molar-refractivity contribution < 1.29 is 37.4 Å². The van der Waals surface area contributed by atoms with Crippen LogP contribution in [0.2, 0.25) is 0 Å². The fraction of sp³-hybridized carbons (Fsp3) is 0.435. The van der Waals surface area contributed by atoms with Crippen molar-refractivity contribution in [1.82, 2.24) is 15.5 Å². The van der Waals surface area contributed by atoms with E-state index in [9.17, 15) is 27.6 Å². The molecule has 0 spiro atoms. The average Bonchev–Trinajstić information content (AvgIpc) is 2.78. The minimum atomic E-state index is -5.03. The van der Waals surface area contributed by atoms with Gasteiger partial charge in [0.1, 0.15) is 6.04 Å². The minimum absolute atomic E-state index is 0.0930. The molecule has 2 unspecified atom stereocenters.